The molecule has 0 aliphatic heterocycles. The number of nitrogens with zero attached hydrogens (tertiary/aromatic N) is 2. The molecule has 0 spiro atoms. The van der Waals surface area contributed by atoms with Crippen molar-refractivity contribution in [2.45, 2.75) is 25.7 Å². The van der Waals surface area contributed by atoms with E-state index in [1.807, 2.05) is 18.3 Å². The van der Waals surface area contributed by atoms with Gasteiger partial charge in [0.1, 0.15) is 0 Å². The molecular formula is C14H13BrN2. The monoisotopic (exact) mass is 288 g/mol. The number of halogens is 1. The molecule has 17 heavy (non-hydrogen) atoms. The second-order valence-corrected chi connectivity index (χ2v) is 5.30. The number of rotatable bonds is 1. The van der Waals surface area contributed by atoms with Crippen LogP contribution < -0.4 is 0 Å². The summed E-state index contributed by atoms with van der Waals surface area (Å²) in [5.74, 6) is 0.840. The summed E-state index contributed by atoms with van der Waals surface area (Å²) in [6.45, 7) is 0. The van der Waals surface area contributed by atoms with Crippen LogP contribution in [0.2, 0.25) is 0 Å². The first-order valence-corrected chi connectivity index (χ1v) is 6.73. The van der Waals surface area contributed by atoms with Gasteiger partial charge in [-0.3, -0.25) is 0 Å². The van der Waals surface area contributed by atoms with E-state index in [-0.39, 0.29) is 0 Å². The predicted molar refractivity (Wildman–Crippen MR) is 71.8 cm³/mol. The van der Waals surface area contributed by atoms with Crippen LogP contribution in [0.25, 0.3) is 11.4 Å². The molecule has 2 aromatic rings. The first kappa shape index (κ1) is 10.9. The fourth-order valence-corrected chi connectivity index (χ4v) is 2.64. The maximum atomic E-state index is 4.69. The Bertz CT molecular complexity index is 552. The number of benzene rings is 1. The van der Waals surface area contributed by atoms with Crippen LogP contribution in [0, 0.1) is 0 Å². The molecule has 0 N–H and O–H groups in total. The van der Waals surface area contributed by atoms with E-state index in [1.165, 1.54) is 24.1 Å². The summed E-state index contributed by atoms with van der Waals surface area (Å²) in [6.07, 6.45) is 6.75. The third kappa shape index (κ3) is 2.25. The van der Waals surface area contributed by atoms with Crippen molar-refractivity contribution in [2.24, 2.45) is 0 Å². The van der Waals surface area contributed by atoms with E-state index in [2.05, 4.69) is 33.0 Å². The van der Waals surface area contributed by atoms with Crippen LogP contribution in [0.5, 0.6) is 0 Å². The number of aromatic nitrogens is 2. The SMILES string of the molecule is Brc1cccc(-c2ncc3c(n2)CCCC3)c1. The molecule has 0 bridgehead atoms. The molecule has 86 valence electrons. The molecule has 2 nitrogen and oxygen atoms in total. The van der Waals surface area contributed by atoms with E-state index in [1.54, 1.807) is 0 Å². The molecule has 1 heterocycles. The number of aryl methyl sites for hydroxylation is 2. The van der Waals surface area contributed by atoms with E-state index < -0.39 is 0 Å². The topological polar surface area (TPSA) is 25.8 Å². The van der Waals surface area contributed by atoms with Crippen molar-refractivity contribution < 1.29 is 0 Å². The fraction of sp³-hybridized carbons (Fsp3) is 0.286. The van der Waals surface area contributed by atoms with Crippen LogP contribution in [0.15, 0.2) is 34.9 Å². The molecular weight excluding hydrogens is 276 g/mol. The Morgan fingerprint density at radius 3 is 2.88 bits per heavy atom. The molecule has 1 aliphatic carbocycles. The van der Waals surface area contributed by atoms with Crippen molar-refractivity contribution in [2.75, 3.05) is 0 Å². The molecule has 1 aromatic carbocycles. The molecule has 0 atom stereocenters. The maximum Gasteiger partial charge on any atom is 0.159 e. The van der Waals surface area contributed by atoms with Crippen molar-refractivity contribution in [1.82, 2.24) is 9.97 Å². The summed E-state index contributed by atoms with van der Waals surface area (Å²) in [6, 6.07) is 8.14. The number of hydrogen-bond acceptors (Lipinski definition) is 2. The van der Waals surface area contributed by atoms with Gasteiger partial charge in [0.2, 0.25) is 0 Å². The van der Waals surface area contributed by atoms with Crippen LogP contribution >= 0.6 is 15.9 Å². The van der Waals surface area contributed by atoms with Crippen molar-refractivity contribution >= 4 is 15.9 Å². The quantitative estimate of drug-likeness (QED) is 0.798. The first-order chi connectivity index (χ1) is 8.33. The Morgan fingerprint density at radius 2 is 2.00 bits per heavy atom. The Morgan fingerprint density at radius 1 is 1.12 bits per heavy atom. The van der Waals surface area contributed by atoms with E-state index in [9.17, 15) is 0 Å². The molecule has 0 saturated heterocycles. The molecule has 3 heteroatoms. The molecule has 1 aromatic heterocycles. The second-order valence-electron chi connectivity index (χ2n) is 4.38. The minimum absolute atomic E-state index is 0.840. The van der Waals surface area contributed by atoms with Crippen molar-refractivity contribution in [3.05, 3.63) is 46.2 Å². The summed E-state index contributed by atoms with van der Waals surface area (Å²) in [7, 11) is 0. The van der Waals surface area contributed by atoms with E-state index in [4.69, 9.17) is 4.98 Å². The molecule has 3 rings (SSSR count). The van der Waals surface area contributed by atoms with Crippen molar-refractivity contribution in [1.29, 1.82) is 0 Å². The van der Waals surface area contributed by atoms with Gasteiger partial charge in [0.15, 0.2) is 5.82 Å². The standard InChI is InChI=1S/C14H13BrN2/c15-12-6-3-5-10(8-12)14-16-9-11-4-1-2-7-13(11)17-14/h3,5-6,8-9H,1-2,4,7H2. The highest BCUT2D eigenvalue weighted by Gasteiger charge is 2.12. The van der Waals surface area contributed by atoms with Gasteiger partial charge in [-0.15, -0.1) is 0 Å². The van der Waals surface area contributed by atoms with Gasteiger partial charge >= 0.3 is 0 Å². The van der Waals surface area contributed by atoms with Crippen LogP contribution in [-0.2, 0) is 12.8 Å². The first-order valence-electron chi connectivity index (χ1n) is 5.94. The largest absolute Gasteiger partial charge is 0.236 e. The van der Waals surface area contributed by atoms with Gasteiger partial charge in [-0.05, 0) is 43.4 Å². The third-order valence-corrected chi connectivity index (χ3v) is 3.64. The van der Waals surface area contributed by atoms with Gasteiger partial charge in [-0.1, -0.05) is 28.1 Å². The second kappa shape index (κ2) is 4.57. The lowest BCUT2D eigenvalue weighted by molar-refractivity contribution is 0.663. The smallest absolute Gasteiger partial charge is 0.159 e. The van der Waals surface area contributed by atoms with Gasteiger partial charge in [0.25, 0.3) is 0 Å². The van der Waals surface area contributed by atoms with Crippen LogP contribution in [0.1, 0.15) is 24.1 Å². The fourth-order valence-electron chi connectivity index (χ4n) is 2.24. The summed E-state index contributed by atoms with van der Waals surface area (Å²) in [4.78, 5) is 9.16. The van der Waals surface area contributed by atoms with E-state index >= 15 is 0 Å². The van der Waals surface area contributed by atoms with Gasteiger partial charge in [0.05, 0.1) is 0 Å². The summed E-state index contributed by atoms with van der Waals surface area (Å²) < 4.78 is 1.07. The summed E-state index contributed by atoms with van der Waals surface area (Å²) in [5.41, 5.74) is 3.64. The average Bonchev–Trinajstić information content (AvgIpc) is 2.38. The van der Waals surface area contributed by atoms with Crippen LogP contribution in [0.3, 0.4) is 0 Å². The third-order valence-electron chi connectivity index (χ3n) is 3.15. The van der Waals surface area contributed by atoms with Crippen LogP contribution in [-0.4, -0.2) is 9.97 Å². The normalized spacial score (nSPS) is 14.4. The maximum absolute atomic E-state index is 4.69. The highest BCUT2D eigenvalue weighted by molar-refractivity contribution is 9.10. The minimum Gasteiger partial charge on any atom is -0.236 e. The Balaban J connectivity index is 2.04. The molecule has 0 saturated carbocycles. The lowest BCUT2D eigenvalue weighted by atomic mass is 9.97. The highest BCUT2D eigenvalue weighted by atomic mass is 79.9. The Kier molecular flexibility index (Phi) is 2.93. The Hall–Kier alpha value is -1.22. The van der Waals surface area contributed by atoms with Crippen molar-refractivity contribution in [3.63, 3.8) is 0 Å². The van der Waals surface area contributed by atoms with Gasteiger partial charge in [-0.25, -0.2) is 9.97 Å². The van der Waals surface area contributed by atoms with Gasteiger partial charge < -0.3 is 0 Å². The summed E-state index contributed by atoms with van der Waals surface area (Å²) >= 11 is 3.48. The molecule has 0 fully saturated rings. The van der Waals surface area contributed by atoms with Gasteiger partial charge in [0, 0.05) is 21.9 Å². The zero-order valence-electron chi connectivity index (χ0n) is 9.49. The van der Waals surface area contributed by atoms with Crippen molar-refractivity contribution in [3.8, 4) is 11.4 Å². The number of fused-ring (bicyclic) bond motifs is 1. The molecule has 0 unspecified atom stereocenters. The van der Waals surface area contributed by atoms with Gasteiger partial charge in [-0.2, -0.15) is 0 Å². The Labute approximate surface area is 109 Å². The van der Waals surface area contributed by atoms with E-state index in [0.29, 0.717) is 0 Å². The van der Waals surface area contributed by atoms with Crippen LogP contribution in [0.4, 0.5) is 0 Å². The molecule has 0 amide bonds. The number of hydrogen-bond donors (Lipinski definition) is 0. The predicted octanol–water partition coefficient (Wildman–Crippen LogP) is 3.78. The molecule has 1 aliphatic rings. The minimum atomic E-state index is 0.840. The molecule has 0 radical (unpaired) electrons. The lowest BCUT2D eigenvalue weighted by Crippen LogP contribution is -2.07. The highest BCUT2D eigenvalue weighted by Crippen LogP contribution is 2.23. The lowest BCUT2D eigenvalue weighted by Gasteiger charge is -2.14. The summed E-state index contributed by atoms with van der Waals surface area (Å²) in [5, 5.41) is 0. The van der Waals surface area contributed by atoms with E-state index in [0.717, 1.165) is 28.7 Å². The average molecular weight is 289 g/mol. The zero-order valence-corrected chi connectivity index (χ0v) is 11.1. The zero-order chi connectivity index (χ0) is 11.7.